The molecule has 0 radical (unpaired) electrons. The zero-order chi connectivity index (χ0) is 29.2. The summed E-state index contributed by atoms with van der Waals surface area (Å²) in [5.41, 5.74) is 3.62. The molecule has 2 heterocycles. The predicted molar refractivity (Wildman–Crippen MR) is 159 cm³/mol. The van der Waals surface area contributed by atoms with Crippen molar-refractivity contribution in [3.05, 3.63) is 47.6 Å². The Morgan fingerprint density at radius 2 is 1.80 bits per heavy atom. The van der Waals surface area contributed by atoms with Crippen LogP contribution in [0.15, 0.2) is 36.3 Å². The molecule has 0 aliphatic heterocycles. The van der Waals surface area contributed by atoms with Crippen LogP contribution in [0.1, 0.15) is 105 Å². The van der Waals surface area contributed by atoms with Gasteiger partial charge in [-0.2, -0.15) is 5.10 Å². The second-order valence-electron chi connectivity index (χ2n) is 16.0. The molecule has 6 nitrogen and oxygen atoms in total. The van der Waals surface area contributed by atoms with E-state index in [1.165, 1.54) is 29.7 Å². The maximum atomic E-state index is 13.0. The van der Waals surface area contributed by atoms with Crippen molar-refractivity contribution in [2.75, 3.05) is 0 Å². The maximum Gasteiger partial charge on any atom is 0.310 e. The fraction of sp³-hybridized carbons (Fsp3) is 0.714. The first-order valence-electron chi connectivity index (χ1n) is 16.1. The van der Waals surface area contributed by atoms with Crippen LogP contribution >= 0.6 is 0 Å². The zero-order valence-corrected chi connectivity index (χ0v) is 26.1. The third-order valence-electron chi connectivity index (χ3n) is 14.3. The van der Waals surface area contributed by atoms with Gasteiger partial charge in [0, 0.05) is 24.0 Å². The highest BCUT2D eigenvalue weighted by Crippen LogP contribution is 2.75. The Morgan fingerprint density at radius 3 is 2.51 bits per heavy atom. The molecule has 2 aromatic rings. The quantitative estimate of drug-likeness (QED) is 0.389. The Morgan fingerprint density at radius 1 is 1.02 bits per heavy atom. The SMILES string of the molecule is C[C@H]1[C@H](C)CC[C@]2(C(=O)O)CC[C@]3(C)C(=CC[C@@H]4[C@@]5(C)Cc6cnc(-n7cccn7)nc6C(C)(C)[C@@H]5CC[C@]43C)[C@H]12. The average molecular weight is 557 g/mol. The fourth-order valence-corrected chi connectivity index (χ4v) is 11.8. The van der Waals surface area contributed by atoms with Gasteiger partial charge in [-0.1, -0.05) is 60.1 Å². The Balaban J connectivity index is 1.32. The molecule has 3 saturated carbocycles. The molecule has 9 atom stereocenters. The van der Waals surface area contributed by atoms with E-state index in [2.05, 4.69) is 65.8 Å². The first-order chi connectivity index (χ1) is 19.3. The van der Waals surface area contributed by atoms with Gasteiger partial charge in [0.1, 0.15) is 0 Å². The molecule has 0 aromatic carbocycles. The molecule has 0 amide bonds. The molecular formula is C35H48N4O2. The normalized spacial score (nSPS) is 44.4. The number of allylic oxidation sites excluding steroid dienone is 2. The lowest BCUT2D eigenvalue weighted by Gasteiger charge is -2.70. The lowest BCUT2D eigenvalue weighted by atomic mass is 9.33. The number of hydrogen-bond acceptors (Lipinski definition) is 4. The molecule has 7 rings (SSSR count). The number of rotatable bonds is 2. The van der Waals surface area contributed by atoms with E-state index in [1.54, 1.807) is 10.9 Å². The first kappa shape index (κ1) is 27.3. The van der Waals surface area contributed by atoms with E-state index in [4.69, 9.17) is 9.97 Å². The number of carbonyl (C=O) groups is 1. The van der Waals surface area contributed by atoms with Crippen LogP contribution in [0.2, 0.25) is 0 Å². The van der Waals surface area contributed by atoms with E-state index < -0.39 is 11.4 Å². The van der Waals surface area contributed by atoms with Crippen LogP contribution in [0.25, 0.3) is 5.95 Å². The number of carboxylic acids is 1. The minimum atomic E-state index is -0.586. The number of aliphatic carboxylic acids is 1. The second-order valence-corrected chi connectivity index (χ2v) is 16.0. The van der Waals surface area contributed by atoms with E-state index in [0.717, 1.165) is 38.5 Å². The van der Waals surface area contributed by atoms with Gasteiger partial charge in [-0.3, -0.25) is 4.79 Å². The van der Waals surface area contributed by atoms with E-state index >= 15 is 0 Å². The number of hydrogen-bond donors (Lipinski definition) is 1. The summed E-state index contributed by atoms with van der Waals surface area (Å²) >= 11 is 0. The van der Waals surface area contributed by atoms with Crippen molar-refractivity contribution in [1.82, 2.24) is 19.7 Å². The van der Waals surface area contributed by atoms with Crippen molar-refractivity contribution in [3.63, 3.8) is 0 Å². The van der Waals surface area contributed by atoms with Gasteiger partial charge in [-0.25, -0.2) is 14.6 Å². The molecule has 0 spiro atoms. The predicted octanol–water partition coefficient (Wildman–Crippen LogP) is 7.42. The van der Waals surface area contributed by atoms with E-state index in [9.17, 15) is 9.90 Å². The molecular weight excluding hydrogens is 508 g/mol. The Bertz CT molecular complexity index is 1430. The van der Waals surface area contributed by atoms with Crippen molar-refractivity contribution >= 4 is 5.97 Å². The lowest BCUT2D eigenvalue weighted by Crippen LogP contribution is -2.65. The van der Waals surface area contributed by atoms with Gasteiger partial charge >= 0.3 is 5.97 Å². The van der Waals surface area contributed by atoms with E-state index in [1.807, 2.05) is 12.3 Å². The van der Waals surface area contributed by atoms with Gasteiger partial charge in [0.2, 0.25) is 0 Å². The maximum absolute atomic E-state index is 13.0. The number of aromatic nitrogens is 4. The molecule has 41 heavy (non-hydrogen) atoms. The fourth-order valence-electron chi connectivity index (χ4n) is 11.8. The third kappa shape index (κ3) is 3.31. The van der Waals surface area contributed by atoms with E-state index in [-0.39, 0.29) is 27.6 Å². The van der Waals surface area contributed by atoms with Crippen LogP contribution in [-0.2, 0) is 16.6 Å². The minimum Gasteiger partial charge on any atom is -0.481 e. The molecule has 0 saturated heterocycles. The highest BCUT2D eigenvalue weighted by molar-refractivity contribution is 5.76. The van der Waals surface area contributed by atoms with Crippen molar-refractivity contribution in [3.8, 4) is 5.95 Å². The molecule has 3 fully saturated rings. The highest BCUT2D eigenvalue weighted by atomic mass is 16.4. The Labute approximate surface area is 245 Å². The summed E-state index contributed by atoms with van der Waals surface area (Å²) in [5.74, 6) is 2.29. The van der Waals surface area contributed by atoms with Crippen LogP contribution in [-0.4, -0.2) is 30.8 Å². The molecule has 0 bridgehead atoms. The molecule has 6 heteroatoms. The molecule has 5 aliphatic carbocycles. The first-order valence-corrected chi connectivity index (χ1v) is 16.1. The molecule has 1 N–H and O–H groups in total. The number of fused-ring (bicyclic) bond motifs is 8. The van der Waals surface area contributed by atoms with Gasteiger partial charge in [0.15, 0.2) is 0 Å². The monoisotopic (exact) mass is 556 g/mol. The second kappa shape index (κ2) is 8.54. The largest absolute Gasteiger partial charge is 0.481 e. The molecule has 220 valence electrons. The number of carboxylic acid groups (broad SMARTS) is 1. The summed E-state index contributed by atoms with van der Waals surface area (Å²) in [6, 6.07) is 1.92. The molecule has 2 aromatic heterocycles. The van der Waals surface area contributed by atoms with Crippen LogP contribution in [0.4, 0.5) is 0 Å². The zero-order valence-electron chi connectivity index (χ0n) is 26.1. The summed E-state index contributed by atoms with van der Waals surface area (Å²) in [6.07, 6.45) is 16.5. The summed E-state index contributed by atoms with van der Waals surface area (Å²) in [4.78, 5) is 22.9. The molecule has 0 unspecified atom stereocenters. The average Bonchev–Trinajstić information content (AvgIpc) is 3.46. The third-order valence-corrected chi connectivity index (χ3v) is 14.3. The van der Waals surface area contributed by atoms with Gasteiger partial charge in [0.05, 0.1) is 11.1 Å². The lowest BCUT2D eigenvalue weighted by molar-refractivity contribution is -0.179. The van der Waals surface area contributed by atoms with Crippen LogP contribution < -0.4 is 0 Å². The van der Waals surface area contributed by atoms with Crippen molar-refractivity contribution in [1.29, 1.82) is 0 Å². The van der Waals surface area contributed by atoms with Crippen molar-refractivity contribution in [2.24, 2.45) is 51.2 Å². The summed E-state index contributed by atoms with van der Waals surface area (Å²) in [7, 11) is 0. The van der Waals surface area contributed by atoms with Gasteiger partial charge in [-0.15, -0.1) is 0 Å². The smallest absolute Gasteiger partial charge is 0.310 e. The van der Waals surface area contributed by atoms with Crippen LogP contribution in [0.3, 0.4) is 0 Å². The Kier molecular flexibility index (Phi) is 5.69. The summed E-state index contributed by atoms with van der Waals surface area (Å²) < 4.78 is 1.77. The minimum absolute atomic E-state index is 0.0315. The standard InChI is InChI=1S/C35H48N4O2/c1-21-11-14-35(29(40)41)16-15-33(6)24(27(35)22(21)2)9-10-26-32(5)19-23-20-36-30(39-18-8-17-37-39)38-28(23)31(3,4)25(32)12-13-34(26,33)7/h8-9,17-18,20-22,25-27H,10-16,19H2,1-7H3,(H,40,41)/t21-,22+,25+,26-,27+,32+,33-,34-,35+/m1/s1. The van der Waals surface area contributed by atoms with Crippen LogP contribution in [0, 0.1) is 51.2 Å². The van der Waals surface area contributed by atoms with Gasteiger partial charge in [0.25, 0.3) is 5.95 Å². The van der Waals surface area contributed by atoms with Crippen molar-refractivity contribution in [2.45, 2.75) is 105 Å². The van der Waals surface area contributed by atoms with Gasteiger partial charge in [-0.05, 0) is 109 Å². The topological polar surface area (TPSA) is 80.9 Å². The van der Waals surface area contributed by atoms with Crippen molar-refractivity contribution < 1.29 is 9.90 Å². The summed E-state index contributed by atoms with van der Waals surface area (Å²) in [5, 5.41) is 15.1. The number of nitrogens with zero attached hydrogens (tertiary/aromatic N) is 4. The van der Waals surface area contributed by atoms with Gasteiger partial charge < -0.3 is 5.11 Å². The van der Waals surface area contributed by atoms with Crippen LogP contribution in [0.5, 0.6) is 0 Å². The summed E-state index contributed by atoms with van der Waals surface area (Å²) in [6.45, 7) is 17.2. The highest BCUT2D eigenvalue weighted by Gasteiger charge is 2.69. The van der Waals surface area contributed by atoms with E-state index in [0.29, 0.717) is 29.6 Å². The Hall–Kier alpha value is -2.50. The molecule has 5 aliphatic rings.